The van der Waals surface area contributed by atoms with Gasteiger partial charge >= 0.3 is 0 Å². The Labute approximate surface area is 117 Å². The number of halogens is 1. The summed E-state index contributed by atoms with van der Waals surface area (Å²) in [7, 11) is -3.67. The molecule has 0 aliphatic heterocycles. The van der Waals surface area contributed by atoms with Gasteiger partial charge in [0, 0.05) is 23.8 Å². The number of nitrogens with zero attached hydrogens (tertiary/aromatic N) is 2. The summed E-state index contributed by atoms with van der Waals surface area (Å²) in [6, 6.07) is 6.39. The normalized spacial score (nSPS) is 11.5. The van der Waals surface area contributed by atoms with Crippen molar-refractivity contribution in [2.24, 2.45) is 0 Å². The van der Waals surface area contributed by atoms with Gasteiger partial charge in [-0.3, -0.25) is 9.40 Å². The highest BCUT2D eigenvalue weighted by Gasteiger charge is 2.19. The summed E-state index contributed by atoms with van der Waals surface area (Å²) in [5, 5.41) is 4.50. The van der Waals surface area contributed by atoms with E-state index in [0.717, 1.165) is 0 Å². The molecule has 2 rings (SSSR count). The number of aryl methyl sites for hydroxylation is 1. The summed E-state index contributed by atoms with van der Waals surface area (Å²) in [6.07, 6.45) is 1.71. The lowest BCUT2D eigenvalue weighted by molar-refractivity contribution is 0.600. The molecule has 0 aliphatic carbocycles. The Bertz CT molecular complexity index is 695. The van der Waals surface area contributed by atoms with Gasteiger partial charge < -0.3 is 0 Å². The van der Waals surface area contributed by atoms with E-state index in [1.54, 1.807) is 36.0 Å². The monoisotopic (exact) mass is 299 g/mol. The number of benzene rings is 1. The lowest BCUT2D eigenvalue weighted by Crippen LogP contribution is -2.15. The Kier molecular flexibility index (Phi) is 3.82. The number of hydrogen-bond acceptors (Lipinski definition) is 3. The third kappa shape index (κ3) is 2.90. The molecule has 0 radical (unpaired) electrons. The minimum absolute atomic E-state index is 0.158. The Morgan fingerprint density at radius 3 is 2.74 bits per heavy atom. The maximum atomic E-state index is 12.3. The molecule has 1 N–H and O–H groups in total. The van der Waals surface area contributed by atoms with Crippen molar-refractivity contribution in [3.8, 4) is 0 Å². The van der Waals surface area contributed by atoms with Gasteiger partial charge in [-0.2, -0.15) is 5.10 Å². The van der Waals surface area contributed by atoms with Gasteiger partial charge in [-0.15, -0.1) is 0 Å². The van der Waals surface area contributed by atoms with Crippen LogP contribution in [0.1, 0.15) is 12.5 Å². The molecule has 0 saturated carbocycles. The lowest BCUT2D eigenvalue weighted by atomic mass is 10.2. The third-order valence-electron chi connectivity index (χ3n) is 2.71. The van der Waals surface area contributed by atoms with Crippen LogP contribution in [0, 0.1) is 6.92 Å². The number of rotatable bonds is 4. The minimum Gasteiger partial charge on any atom is -0.271 e. The molecule has 0 spiro atoms. The molecule has 0 unspecified atom stereocenters. The van der Waals surface area contributed by atoms with Crippen LogP contribution in [0.15, 0.2) is 35.4 Å². The molecular weight excluding hydrogens is 286 g/mol. The van der Waals surface area contributed by atoms with Gasteiger partial charge in [-0.25, -0.2) is 8.42 Å². The van der Waals surface area contributed by atoms with Crippen LogP contribution >= 0.6 is 11.6 Å². The van der Waals surface area contributed by atoms with Crippen LogP contribution < -0.4 is 4.72 Å². The van der Waals surface area contributed by atoms with Crippen LogP contribution in [0.2, 0.25) is 5.02 Å². The van der Waals surface area contributed by atoms with Gasteiger partial charge in [0.1, 0.15) is 0 Å². The number of sulfonamides is 1. The first kappa shape index (κ1) is 13.9. The van der Waals surface area contributed by atoms with Crippen molar-refractivity contribution in [1.82, 2.24) is 9.78 Å². The summed E-state index contributed by atoms with van der Waals surface area (Å²) >= 11 is 5.94. The van der Waals surface area contributed by atoms with Crippen molar-refractivity contribution in [3.05, 3.63) is 41.0 Å². The van der Waals surface area contributed by atoms with Crippen LogP contribution in [0.5, 0.6) is 0 Å². The van der Waals surface area contributed by atoms with E-state index in [1.807, 2.05) is 6.92 Å². The van der Waals surface area contributed by atoms with Gasteiger partial charge in [0.05, 0.1) is 4.90 Å². The quantitative estimate of drug-likeness (QED) is 0.944. The minimum atomic E-state index is -3.67. The molecule has 0 aliphatic rings. The SMILES string of the molecule is CCn1ccc(NS(=O)(=O)c2cccc(Cl)c2C)n1. The highest BCUT2D eigenvalue weighted by molar-refractivity contribution is 7.92. The second kappa shape index (κ2) is 5.22. The van der Waals surface area contributed by atoms with Crippen LogP contribution in [0.25, 0.3) is 0 Å². The summed E-state index contributed by atoms with van der Waals surface area (Å²) in [5.74, 6) is 0.293. The van der Waals surface area contributed by atoms with Crippen molar-refractivity contribution in [2.45, 2.75) is 25.3 Å². The Morgan fingerprint density at radius 1 is 1.37 bits per heavy atom. The van der Waals surface area contributed by atoms with E-state index in [9.17, 15) is 8.42 Å². The predicted octanol–water partition coefficient (Wildman–Crippen LogP) is 2.67. The number of hydrogen-bond donors (Lipinski definition) is 1. The van der Waals surface area contributed by atoms with Crippen molar-refractivity contribution in [3.63, 3.8) is 0 Å². The Morgan fingerprint density at radius 2 is 2.11 bits per heavy atom. The zero-order valence-electron chi connectivity index (χ0n) is 10.6. The first-order valence-corrected chi connectivity index (χ1v) is 7.61. The standard InChI is InChI=1S/C12H14ClN3O2S/c1-3-16-8-7-12(14-16)15-19(17,18)11-6-4-5-10(13)9(11)2/h4-8H,3H2,1-2H3,(H,14,15). The topological polar surface area (TPSA) is 64.0 Å². The second-order valence-electron chi connectivity index (χ2n) is 4.03. The van der Waals surface area contributed by atoms with Gasteiger partial charge in [0.2, 0.25) is 0 Å². The molecule has 7 heteroatoms. The van der Waals surface area contributed by atoms with Crippen LogP contribution in [0.4, 0.5) is 5.82 Å². The second-order valence-corrected chi connectivity index (χ2v) is 6.08. The molecule has 1 aromatic carbocycles. The Hall–Kier alpha value is -1.53. The molecule has 19 heavy (non-hydrogen) atoms. The molecule has 1 aromatic heterocycles. The zero-order valence-corrected chi connectivity index (χ0v) is 12.2. The number of aromatic nitrogens is 2. The van der Waals surface area contributed by atoms with Crippen molar-refractivity contribution in [2.75, 3.05) is 4.72 Å². The molecule has 0 fully saturated rings. The molecule has 5 nitrogen and oxygen atoms in total. The predicted molar refractivity (Wildman–Crippen MR) is 74.9 cm³/mol. The average molecular weight is 300 g/mol. The van der Waals surface area contributed by atoms with E-state index in [1.165, 1.54) is 6.07 Å². The van der Waals surface area contributed by atoms with E-state index in [4.69, 9.17) is 11.6 Å². The van der Waals surface area contributed by atoms with E-state index >= 15 is 0 Å². The molecule has 2 aromatic rings. The third-order valence-corrected chi connectivity index (χ3v) is 4.62. The van der Waals surface area contributed by atoms with E-state index < -0.39 is 10.0 Å². The first-order chi connectivity index (χ1) is 8.94. The fraction of sp³-hybridized carbons (Fsp3) is 0.250. The molecule has 0 saturated heterocycles. The van der Waals surface area contributed by atoms with Crippen molar-refractivity contribution in [1.29, 1.82) is 0 Å². The number of anilines is 1. The summed E-state index contributed by atoms with van der Waals surface area (Å²) in [4.78, 5) is 0.158. The summed E-state index contributed by atoms with van der Waals surface area (Å²) in [5.41, 5.74) is 0.520. The van der Waals surface area contributed by atoms with Crippen molar-refractivity contribution < 1.29 is 8.42 Å². The van der Waals surface area contributed by atoms with E-state index in [2.05, 4.69) is 9.82 Å². The van der Waals surface area contributed by atoms with Crippen LogP contribution in [0.3, 0.4) is 0 Å². The maximum Gasteiger partial charge on any atom is 0.263 e. The maximum absolute atomic E-state index is 12.3. The summed E-state index contributed by atoms with van der Waals surface area (Å²) < 4.78 is 28.6. The van der Waals surface area contributed by atoms with E-state index in [0.29, 0.717) is 22.9 Å². The molecule has 102 valence electrons. The van der Waals surface area contributed by atoms with Crippen LogP contribution in [-0.2, 0) is 16.6 Å². The van der Waals surface area contributed by atoms with Gasteiger partial charge in [-0.05, 0) is 31.5 Å². The van der Waals surface area contributed by atoms with Crippen LogP contribution in [-0.4, -0.2) is 18.2 Å². The van der Waals surface area contributed by atoms with E-state index in [-0.39, 0.29) is 4.90 Å². The molecule has 0 bridgehead atoms. The largest absolute Gasteiger partial charge is 0.271 e. The molecule has 0 atom stereocenters. The number of nitrogens with one attached hydrogen (secondary N) is 1. The molecule has 1 heterocycles. The lowest BCUT2D eigenvalue weighted by Gasteiger charge is -2.09. The average Bonchev–Trinajstić information content (AvgIpc) is 2.79. The zero-order chi connectivity index (χ0) is 14.0. The van der Waals surface area contributed by atoms with Gasteiger partial charge in [0.25, 0.3) is 10.0 Å². The molecule has 0 amide bonds. The summed E-state index contributed by atoms with van der Waals surface area (Å²) in [6.45, 7) is 4.27. The van der Waals surface area contributed by atoms with Gasteiger partial charge in [0.15, 0.2) is 5.82 Å². The highest BCUT2D eigenvalue weighted by Crippen LogP contribution is 2.24. The Balaban J connectivity index is 2.35. The van der Waals surface area contributed by atoms with Gasteiger partial charge in [-0.1, -0.05) is 17.7 Å². The smallest absolute Gasteiger partial charge is 0.263 e. The highest BCUT2D eigenvalue weighted by atomic mass is 35.5. The fourth-order valence-corrected chi connectivity index (χ4v) is 3.16. The first-order valence-electron chi connectivity index (χ1n) is 5.75. The fourth-order valence-electron chi connectivity index (χ4n) is 1.66. The molecular formula is C12H14ClN3O2S. The van der Waals surface area contributed by atoms with Crippen molar-refractivity contribution >= 4 is 27.4 Å².